The van der Waals surface area contributed by atoms with Gasteiger partial charge in [0, 0.05) is 41.6 Å². The zero-order valence-corrected chi connectivity index (χ0v) is 16.3. The zero-order valence-electron chi connectivity index (χ0n) is 15.6. The van der Waals surface area contributed by atoms with E-state index in [1.54, 1.807) is 6.07 Å². The molecule has 3 rings (SSSR count). The van der Waals surface area contributed by atoms with Crippen LogP contribution in [0.15, 0.2) is 24.4 Å². The minimum absolute atomic E-state index is 0.0499. The Morgan fingerprint density at radius 3 is 2.81 bits per heavy atom. The van der Waals surface area contributed by atoms with E-state index in [0.29, 0.717) is 11.4 Å². The normalized spacial score (nSPS) is 16.1. The predicted octanol–water partition coefficient (Wildman–Crippen LogP) is 4.03. The molecule has 26 heavy (non-hydrogen) atoms. The molecule has 2 aromatic rings. The molecule has 1 atom stereocenters. The van der Waals surface area contributed by atoms with Crippen molar-refractivity contribution in [2.24, 2.45) is 5.92 Å². The Morgan fingerprint density at radius 1 is 1.35 bits per heavy atom. The molecular weight excluding hydrogens is 348 g/mol. The van der Waals surface area contributed by atoms with Crippen LogP contribution in [0.25, 0.3) is 0 Å². The fourth-order valence-electron chi connectivity index (χ4n) is 3.38. The number of carbonyl (C=O) groups is 1. The summed E-state index contributed by atoms with van der Waals surface area (Å²) >= 11 is 5.98. The van der Waals surface area contributed by atoms with Gasteiger partial charge in [0.25, 0.3) is 0 Å². The van der Waals surface area contributed by atoms with Gasteiger partial charge in [0.1, 0.15) is 0 Å². The third-order valence-corrected chi connectivity index (χ3v) is 5.24. The zero-order chi connectivity index (χ0) is 18.7. The molecule has 1 aliphatic carbocycles. The highest BCUT2D eigenvalue weighted by molar-refractivity contribution is 6.30. The molecule has 1 aromatic heterocycles. The molecule has 1 amide bonds. The highest BCUT2D eigenvalue weighted by Crippen LogP contribution is 2.27. The fourth-order valence-corrected chi connectivity index (χ4v) is 3.61. The molecule has 0 saturated heterocycles. The van der Waals surface area contributed by atoms with Crippen molar-refractivity contribution in [1.29, 1.82) is 0 Å². The number of aryl methyl sites for hydroxylation is 2. The van der Waals surface area contributed by atoms with E-state index in [0.717, 1.165) is 54.4 Å². The van der Waals surface area contributed by atoms with Crippen LogP contribution in [-0.4, -0.2) is 29.0 Å². The van der Waals surface area contributed by atoms with Gasteiger partial charge in [-0.2, -0.15) is 0 Å². The predicted molar refractivity (Wildman–Crippen MR) is 106 cm³/mol. The van der Waals surface area contributed by atoms with Crippen molar-refractivity contribution in [2.75, 3.05) is 23.3 Å². The molecular formula is C20H25ClN4O. The average molecular weight is 373 g/mol. The second kappa shape index (κ2) is 8.04. The van der Waals surface area contributed by atoms with Crippen LogP contribution in [0.4, 0.5) is 11.6 Å². The first-order chi connectivity index (χ1) is 12.5. The van der Waals surface area contributed by atoms with Crippen molar-refractivity contribution in [2.45, 2.75) is 40.0 Å². The Bertz CT molecular complexity index is 804. The summed E-state index contributed by atoms with van der Waals surface area (Å²) in [5, 5.41) is 3.71. The van der Waals surface area contributed by atoms with E-state index in [-0.39, 0.29) is 11.8 Å². The summed E-state index contributed by atoms with van der Waals surface area (Å²) in [7, 11) is 0. The molecule has 1 N–H and O–H groups in total. The summed E-state index contributed by atoms with van der Waals surface area (Å²) in [6, 6.07) is 5.50. The molecule has 1 aliphatic rings. The quantitative estimate of drug-likeness (QED) is 0.860. The number of carbonyl (C=O) groups excluding carboxylic acids is 1. The standard InChI is InChI=1S/C20H25ClN4O/c1-4-25(5-2)20-22-12-15-11-14(6-8-18(15)24-20)19(26)23-17-9-7-16(21)10-13(17)3/h7,9-10,12,14H,4-6,8,11H2,1-3H3,(H,23,26). The highest BCUT2D eigenvalue weighted by atomic mass is 35.5. The van der Waals surface area contributed by atoms with Gasteiger partial charge in [-0.3, -0.25) is 4.79 Å². The molecule has 0 aliphatic heterocycles. The van der Waals surface area contributed by atoms with Crippen molar-refractivity contribution in [3.05, 3.63) is 46.2 Å². The molecule has 0 bridgehead atoms. The fraction of sp³-hybridized carbons (Fsp3) is 0.450. The number of rotatable bonds is 5. The van der Waals surface area contributed by atoms with Crippen LogP contribution in [0.5, 0.6) is 0 Å². The summed E-state index contributed by atoms with van der Waals surface area (Å²) in [5.41, 5.74) is 3.95. The van der Waals surface area contributed by atoms with E-state index in [2.05, 4.69) is 29.0 Å². The topological polar surface area (TPSA) is 58.1 Å². The molecule has 0 fully saturated rings. The Hall–Kier alpha value is -2.14. The van der Waals surface area contributed by atoms with Crippen molar-refractivity contribution in [3.8, 4) is 0 Å². The molecule has 1 unspecified atom stereocenters. The van der Waals surface area contributed by atoms with Crippen LogP contribution in [0.1, 0.15) is 37.1 Å². The molecule has 1 heterocycles. The first-order valence-corrected chi connectivity index (χ1v) is 9.56. The molecule has 1 aromatic carbocycles. The SMILES string of the molecule is CCN(CC)c1ncc2c(n1)CCC(C(=O)Nc1ccc(Cl)cc1C)C2. The number of amides is 1. The van der Waals surface area contributed by atoms with Gasteiger partial charge in [0.15, 0.2) is 0 Å². The lowest BCUT2D eigenvalue weighted by Crippen LogP contribution is -2.30. The highest BCUT2D eigenvalue weighted by Gasteiger charge is 2.26. The van der Waals surface area contributed by atoms with Crippen LogP contribution < -0.4 is 10.2 Å². The minimum atomic E-state index is -0.0551. The number of nitrogens with one attached hydrogen (secondary N) is 1. The van der Waals surface area contributed by atoms with Crippen LogP contribution in [0.2, 0.25) is 5.02 Å². The maximum absolute atomic E-state index is 12.7. The summed E-state index contributed by atoms with van der Waals surface area (Å²) in [4.78, 5) is 24.1. The number of halogens is 1. The smallest absolute Gasteiger partial charge is 0.227 e. The van der Waals surface area contributed by atoms with Crippen molar-refractivity contribution in [3.63, 3.8) is 0 Å². The van der Waals surface area contributed by atoms with Crippen LogP contribution in [0, 0.1) is 12.8 Å². The number of hydrogen-bond donors (Lipinski definition) is 1. The van der Waals surface area contributed by atoms with Crippen LogP contribution >= 0.6 is 11.6 Å². The van der Waals surface area contributed by atoms with Gasteiger partial charge >= 0.3 is 0 Å². The number of hydrogen-bond acceptors (Lipinski definition) is 4. The molecule has 0 radical (unpaired) electrons. The second-order valence-corrected chi connectivity index (χ2v) is 7.14. The van der Waals surface area contributed by atoms with Crippen LogP contribution in [0.3, 0.4) is 0 Å². The Morgan fingerprint density at radius 2 is 2.12 bits per heavy atom. The van der Waals surface area contributed by atoms with E-state index in [9.17, 15) is 4.79 Å². The van der Waals surface area contributed by atoms with Gasteiger partial charge < -0.3 is 10.2 Å². The Labute approximate surface area is 159 Å². The van der Waals surface area contributed by atoms with Crippen molar-refractivity contribution in [1.82, 2.24) is 9.97 Å². The van der Waals surface area contributed by atoms with E-state index in [1.807, 2.05) is 25.3 Å². The number of anilines is 2. The Kier molecular flexibility index (Phi) is 5.77. The largest absolute Gasteiger partial charge is 0.341 e. The molecule has 138 valence electrons. The first kappa shape index (κ1) is 18.6. The van der Waals surface area contributed by atoms with Gasteiger partial charge in [-0.05, 0) is 69.4 Å². The van der Waals surface area contributed by atoms with Gasteiger partial charge in [-0.1, -0.05) is 11.6 Å². The lowest BCUT2D eigenvalue weighted by molar-refractivity contribution is -0.120. The molecule has 0 saturated carbocycles. The number of fused-ring (bicyclic) bond motifs is 1. The molecule has 0 spiro atoms. The van der Waals surface area contributed by atoms with E-state index in [4.69, 9.17) is 16.6 Å². The number of benzene rings is 1. The monoisotopic (exact) mass is 372 g/mol. The Balaban J connectivity index is 1.70. The minimum Gasteiger partial charge on any atom is -0.341 e. The lowest BCUT2D eigenvalue weighted by Gasteiger charge is -2.25. The maximum atomic E-state index is 12.7. The number of aromatic nitrogens is 2. The third kappa shape index (κ3) is 3.98. The first-order valence-electron chi connectivity index (χ1n) is 9.18. The third-order valence-electron chi connectivity index (χ3n) is 5.00. The summed E-state index contributed by atoms with van der Waals surface area (Å²) in [5.74, 6) is 0.780. The molecule has 5 nitrogen and oxygen atoms in total. The van der Waals surface area contributed by atoms with Gasteiger partial charge in [-0.15, -0.1) is 0 Å². The van der Waals surface area contributed by atoms with Gasteiger partial charge in [0.05, 0.1) is 0 Å². The molecule has 6 heteroatoms. The maximum Gasteiger partial charge on any atom is 0.227 e. The lowest BCUT2D eigenvalue weighted by atomic mass is 9.86. The van der Waals surface area contributed by atoms with Crippen molar-refractivity contribution >= 4 is 29.1 Å². The second-order valence-electron chi connectivity index (χ2n) is 6.70. The van der Waals surface area contributed by atoms with E-state index < -0.39 is 0 Å². The summed E-state index contributed by atoms with van der Waals surface area (Å²) < 4.78 is 0. The summed E-state index contributed by atoms with van der Waals surface area (Å²) in [6.07, 6.45) is 4.19. The number of nitrogens with zero attached hydrogens (tertiary/aromatic N) is 3. The van der Waals surface area contributed by atoms with Gasteiger partial charge in [-0.25, -0.2) is 9.97 Å². The van der Waals surface area contributed by atoms with E-state index in [1.165, 1.54) is 0 Å². The average Bonchev–Trinajstić information content (AvgIpc) is 2.64. The summed E-state index contributed by atoms with van der Waals surface area (Å²) in [6.45, 7) is 7.93. The van der Waals surface area contributed by atoms with Crippen molar-refractivity contribution < 1.29 is 4.79 Å². The van der Waals surface area contributed by atoms with Crippen LogP contribution in [-0.2, 0) is 17.6 Å². The van der Waals surface area contributed by atoms with Gasteiger partial charge in [0.2, 0.25) is 11.9 Å². The van der Waals surface area contributed by atoms with E-state index >= 15 is 0 Å².